The maximum Gasteiger partial charge on any atom is 0.336 e. The van der Waals surface area contributed by atoms with Gasteiger partial charge in [0.2, 0.25) is 0 Å². The third kappa shape index (κ3) is 2.76. The molecule has 14 heavy (non-hydrogen) atoms. The van der Waals surface area contributed by atoms with E-state index in [0.717, 1.165) is 0 Å². The van der Waals surface area contributed by atoms with E-state index in [2.05, 4.69) is 27.8 Å². The van der Waals surface area contributed by atoms with Gasteiger partial charge in [0, 0.05) is 10.6 Å². The lowest BCUT2D eigenvalue weighted by Crippen LogP contribution is -1.99. The third-order valence-electron chi connectivity index (χ3n) is 1.50. The van der Waals surface area contributed by atoms with Gasteiger partial charge in [-0.1, -0.05) is 39.4 Å². The van der Waals surface area contributed by atoms with Crippen molar-refractivity contribution in [2.24, 2.45) is 0 Å². The molecule has 0 bridgehead atoms. The fourth-order valence-electron chi connectivity index (χ4n) is 0.935. The van der Waals surface area contributed by atoms with E-state index >= 15 is 0 Å². The van der Waals surface area contributed by atoms with Crippen molar-refractivity contribution in [3.8, 4) is 11.8 Å². The van der Waals surface area contributed by atoms with Crippen molar-refractivity contribution in [1.82, 2.24) is 0 Å². The highest BCUT2D eigenvalue weighted by atomic mass is 79.9. The zero-order valence-corrected chi connectivity index (χ0v) is 9.39. The van der Waals surface area contributed by atoms with E-state index in [9.17, 15) is 4.79 Å². The first-order valence-corrected chi connectivity index (χ1v) is 5.22. The second-order valence-corrected chi connectivity index (χ2v) is 3.43. The van der Waals surface area contributed by atoms with Crippen LogP contribution in [0.25, 0.3) is 0 Å². The van der Waals surface area contributed by atoms with Crippen molar-refractivity contribution in [1.29, 1.82) is 0 Å². The highest BCUT2D eigenvalue weighted by Gasteiger charge is 2.07. The topological polar surface area (TPSA) is 37.3 Å². The first-order valence-electron chi connectivity index (χ1n) is 3.73. The molecule has 0 radical (unpaired) electrons. The lowest BCUT2D eigenvalue weighted by molar-refractivity contribution is 0.0696. The summed E-state index contributed by atoms with van der Waals surface area (Å²) in [6, 6.07) is 4.52. The number of benzene rings is 1. The Hall–Kier alpha value is -0.980. The van der Waals surface area contributed by atoms with Crippen LogP contribution in [0.2, 0.25) is 5.02 Å². The molecule has 0 aliphatic rings. The average molecular weight is 274 g/mol. The molecule has 0 unspecified atom stereocenters. The molecular weight excluding hydrogens is 267 g/mol. The largest absolute Gasteiger partial charge is 0.478 e. The van der Waals surface area contributed by atoms with Crippen molar-refractivity contribution < 1.29 is 9.90 Å². The highest BCUT2D eigenvalue weighted by Crippen LogP contribution is 2.15. The Balaban J connectivity index is 3.22. The zero-order chi connectivity index (χ0) is 10.6. The molecule has 0 aromatic heterocycles. The molecule has 0 saturated heterocycles. The Kier molecular flexibility index (Phi) is 3.99. The van der Waals surface area contributed by atoms with Crippen LogP contribution < -0.4 is 0 Å². The van der Waals surface area contributed by atoms with Gasteiger partial charge in [-0.3, -0.25) is 0 Å². The summed E-state index contributed by atoms with van der Waals surface area (Å²) in [5.74, 6) is 4.46. The quantitative estimate of drug-likeness (QED) is 0.631. The number of hydrogen-bond acceptors (Lipinski definition) is 1. The van der Waals surface area contributed by atoms with E-state index in [1.54, 1.807) is 6.07 Å². The molecule has 1 N–H and O–H groups in total. The molecule has 0 atom stereocenters. The summed E-state index contributed by atoms with van der Waals surface area (Å²) in [4.78, 5) is 10.8. The molecule has 0 amide bonds. The standard InChI is InChI=1S/C10H6BrClO2/c11-5-1-2-7-6-8(12)3-4-9(7)10(13)14/h3-4,6H,5H2,(H,13,14). The molecule has 2 nitrogen and oxygen atoms in total. The maximum absolute atomic E-state index is 10.8. The minimum absolute atomic E-state index is 0.169. The third-order valence-corrected chi connectivity index (χ3v) is 2.02. The lowest BCUT2D eigenvalue weighted by Gasteiger charge is -1.98. The molecule has 0 aliphatic heterocycles. The monoisotopic (exact) mass is 272 g/mol. The van der Waals surface area contributed by atoms with Crippen molar-refractivity contribution in [3.63, 3.8) is 0 Å². The molecular formula is C10H6BrClO2. The summed E-state index contributed by atoms with van der Waals surface area (Å²) in [6.07, 6.45) is 0. The van der Waals surface area contributed by atoms with Gasteiger partial charge in [-0.25, -0.2) is 4.79 Å². The van der Waals surface area contributed by atoms with Gasteiger partial charge < -0.3 is 5.11 Å². The van der Waals surface area contributed by atoms with E-state index in [-0.39, 0.29) is 5.56 Å². The number of alkyl halides is 1. The zero-order valence-electron chi connectivity index (χ0n) is 7.05. The van der Waals surface area contributed by atoms with E-state index in [1.807, 2.05) is 0 Å². The Morgan fingerprint density at radius 2 is 2.29 bits per heavy atom. The van der Waals surface area contributed by atoms with Gasteiger partial charge in [-0.2, -0.15) is 0 Å². The summed E-state index contributed by atoms with van der Waals surface area (Å²) in [5.41, 5.74) is 0.604. The fraction of sp³-hybridized carbons (Fsp3) is 0.100. The summed E-state index contributed by atoms with van der Waals surface area (Å²) >= 11 is 8.86. The normalized spacial score (nSPS) is 9.00. The van der Waals surface area contributed by atoms with Crippen LogP contribution in [-0.2, 0) is 0 Å². The Labute approximate surface area is 95.0 Å². The first kappa shape index (κ1) is 11.1. The van der Waals surface area contributed by atoms with Crippen LogP contribution in [0.4, 0.5) is 0 Å². The maximum atomic E-state index is 10.8. The number of aromatic carboxylic acids is 1. The average Bonchev–Trinajstić information content (AvgIpc) is 2.14. The van der Waals surface area contributed by atoms with Gasteiger partial charge in [0.1, 0.15) is 0 Å². The number of carboxylic acids is 1. The molecule has 1 rings (SSSR count). The first-order chi connectivity index (χ1) is 6.65. The van der Waals surface area contributed by atoms with Crippen LogP contribution in [-0.4, -0.2) is 16.4 Å². The van der Waals surface area contributed by atoms with E-state index in [4.69, 9.17) is 16.7 Å². The van der Waals surface area contributed by atoms with Crippen molar-refractivity contribution >= 4 is 33.5 Å². The molecule has 0 spiro atoms. The smallest absolute Gasteiger partial charge is 0.336 e. The SMILES string of the molecule is O=C(O)c1ccc(Cl)cc1C#CCBr. The number of carbonyl (C=O) groups is 1. The van der Waals surface area contributed by atoms with Gasteiger partial charge in [-0.05, 0) is 18.2 Å². The molecule has 0 heterocycles. The molecule has 4 heteroatoms. The van der Waals surface area contributed by atoms with E-state index in [1.165, 1.54) is 12.1 Å². The number of rotatable bonds is 1. The summed E-state index contributed by atoms with van der Waals surface area (Å²) in [6.45, 7) is 0. The van der Waals surface area contributed by atoms with Crippen molar-refractivity contribution in [3.05, 3.63) is 34.3 Å². The molecule has 0 saturated carbocycles. The van der Waals surface area contributed by atoms with Gasteiger partial charge in [0.25, 0.3) is 0 Å². The highest BCUT2D eigenvalue weighted by molar-refractivity contribution is 9.09. The molecule has 0 fully saturated rings. The summed E-state index contributed by atoms with van der Waals surface area (Å²) in [7, 11) is 0. The van der Waals surface area contributed by atoms with Gasteiger partial charge >= 0.3 is 5.97 Å². The predicted octanol–water partition coefficient (Wildman–Crippen LogP) is 2.78. The predicted molar refractivity (Wildman–Crippen MR) is 59.1 cm³/mol. The van der Waals surface area contributed by atoms with Crippen molar-refractivity contribution in [2.75, 3.05) is 5.33 Å². The molecule has 1 aromatic rings. The van der Waals surface area contributed by atoms with Gasteiger partial charge in [0.15, 0.2) is 0 Å². The van der Waals surface area contributed by atoms with Gasteiger partial charge in [-0.15, -0.1) is 0 Å². The molecule has 72 valence electrons. The number of hydrogen-bond donors (Lipinski definition) is 1. The summed E-state index contributed by atoms with van der Waals surface area (Å²) < 4.78 is 0. The fourth-order valence-corrected chi connectivity index (χ4v) is 1.25. The van der Waals surface area contributed by atoms with Crippen LogP contribution in [0, 0.1) is 11.8 Å². The minimum atomic E-state index is -1.000. The van der Waals surface area contributed by atoms with E-state index < -0.39 is 5.97 Å². The van der Waals surface area contributed by atoms with Crippen LogP contribution >= 0.6 is 27.5 Å². The second-order valence-electron chi connectivity index (χ2n) is 2.43. The molecule has 0 aliphatic carbocycles. The van der Waals surface area contributed by atoms with Crippen LogP contribution in [0.1, 0.15) is 15.9 Å². The van der Waals surface area contributed by atoms with Crippen LogP contribution in [0.3, 0.4) is 0 Å². The lowest BCUT2D eigenvalue weighted by atomic mass is 10.1. The Morgan fingerprint density at radius 1 is 1.57 bits per heavy atom. The van der Waals surface area contributed by atoms with Gasteiger partial charge in [0.05, 0.1) is 10.9 Å². The Morgan fingerprint density at radius 3 is 2.86 bits per heavy atom. The van der Waals surface area contributed by atoms with Crippen molar-refractivity contribution in [2.45, 2.75) is 0 Å². The van der Waals surface area contributed by atoms with E-state index in [0.29, 0.717) is 15.9 Å². The molecule has 1 aromatic carbocycles. The minimum Gasteiger partial charge on any atom is -0.478 e. The number of halogens is 2. The summed E-state index contributed by atoms with van der Waals surface area (Å²) in [5, 5.41) is 9.81. The van der Waals surface area contributed by atoms with Crippen LogP contribution in [0.5, 0.6) is 0 Å². The second kappa shape index (κ2) is 5.04. The number of carboxylic acid groups (broad SMARTS) is 1. The Bertz CT molecular complexity index is 418. The van der Waals surface area contributed by atoms with Crippen LogP contribution in [0.15, 0.2) is 18.2 Å².